The summed E-state index contributed by atoms with van der Waals surface area (Å²) in [5, 5.41) is 6.81. The maximum atomic E-state index is 12.6. The van der Waals surface area contributed by atoms with Gasteiger partial charge in [-0.25, -0.2) is 4.98 Å². The second-order valence-corrected chi connectivity index (χ2v) is 6.10. The molecule has 1 amide bonds. The van der Waals surface area contributed by atoms with Gasteiger partial charge in [-0.2, -0.15) is 0 Å². The van der Waals surface area contributed by atoms with Crippen molar-refractivity contribution < 1.29 is 9.32 Å². The van der Waals surface area contributed by atoms with E-state index in [1.807, 2.05) is 31.2 Å². The number of hydrogen-bond donors (Lipinski definition) is 1. The Hall–Kier alpha value is -2.96. The molecule has 0 aliphatic rings. The first-order valence-electron chi connectivity index (χ1n) is 8.84. The number of hydrogen-bond acceptors (Lipinski definition) is 5. The number of aryl methyl sites for hydroxylation is 2. The molecule has 26 heavy (non-hydrogen) atoms. The van der Waals surface area contributed by atoms with Crippen molar-refractivity contribution in [3.8, 4) is 11.3 Å². The van der Waals surface area contributed by atoms with Gasteiger partial charge in [0.25, 0.3) is 11.1 Å². The standard InChI is InChI=1S/C19H22N4O3/c1-3-10-20-15(24)9-11-23-12-21-17-16(22-26-18(17)19(23)25)14-7-5-13(4-2)6-8-14/h5-8,12H,3-4,9-11H2,1-2H3,(H,20,24). The van der Waals surface area contributed by atoms with Gasteiger partial charge >= 0.3 is 0 Å². The summed E-state index contributed by atoms with van der Waals surface area (Å²) in [7, 11) is 0. The molecule has 7 heteroatoms. The number of fused-ring (bicyclic) bond motifs is 1. The highest BCUT2D eigenvalue weighted by Crippen LogP contribution is 2.24. The third kappa shape index (κ3) is 3.66. The van der Waals surface area contributed by atoms with Gasteiger partial charge in [-0.1, -0.05) is 43.3 Å². The van der Waals surface area contributed by atoms with Crippen molar-refractivity contribution in [3.63, 3.8) is 0 Å². The van der Waals surface area contributed by atoms with Crippen LogP contribution in [0.5, 0.6) is 0 Å². The van der Waals surface area contributed by atoms with Gasteiger partial charge in [0.1, 0.15) is 11.2 Å². The molecule has 0 spiro atoms. The van der Waals surface area contributed by atoms with Crippen LogP contribution in [-0.2, 0) is 17.8 Å². The minimum absolute atomic E-state index is 0.0897. The fourth-order valence-corrected chi connectivity index (χ4v) is 2.68. The van der Waals surface area contributed by atoms with Crippen molar-refractivity contribution in [1.82, 2.24) is 20.0 Å². The lowest BCUT2D eigenvalue weighted by Gasteiger charge is -2.05. The van der Waals surface area contributed by atoms with E-state index in [0.29, 0.717) is 17.8 Å². The van der Waals surface area contributed by atoms with Crippen LogP contribution in [0.15, 0.2) is 39.9 Å². The second-order valence-electron chi connectivity index (χ2n) is 6.10. The van der Waals surface area contributed by atoms with Crippen molar-refractivity contribution in [3.05, 3.63) is 46.5 Å². The van der Waals surface area contributed by atoms with Crippen molar-refractivity contribution in [1.29, 1.82) is 0 Å². The molecule has 1 aromatic carbocycles. The Kier molecular flexibility index (Phi) is 5.46. The summed E-state index contributed by atoms with van der Waals surface area (Å²) in [6.07, 6.45) is 3.49. The Labute approximate surface area is 151 Å². The van der Waals surface area contributed by atoms with Crippen LogP contribution in [-0.4, -0.2) is 27.2 Å². The fourth-order valence-electron chi connectivity index (χ4n) is 2.68. The van der Waals surface area contributed by atoms with Gasteiger partial charge in [0.15, 0.2) is 0 Å². The maximum absolute atomic E-state index is 12.6. The van der Waals surface area contributed by atoms with Crippen molar-refractivity contribution >= 4 is 17.0 Å². The van der Waals surface area contributed by atoms with E-state index in [2.05, 4.69) is 22.4 Å². The number of nitrogens with one attached hydrogen (secondary N) is 1. The molecule has 0 radical (unpaired) electrons. The van der Waals surface area contributed by atoms with E-state index in [-0.39, 0.29) is 30.0 Å². The Morgan fingerprint density at radius 2 is 2.00 bits per heavy atom. The van der Waals surface area contributed by atoms with E-state index >= 15 is 0 Å². The first-order chi connectivity index (χ1) is 12.6. The predicted molar refractivity (Wildman–Crippen MR) is 98.8 cm³/mol. The minimum atomic E-state index is -0.331. The van der Waals surface area contributed by atoms with E-state index < -0.39 is 0 Å². The Balaban J connectivity index is 1.84. The average molecular weight is 354 g/mol. The molecular weight excluding hydrogens is 332 g/mol. The van der Waals surface area contributed by atoms with Gasteiger partial charge < -0.3 is 9.84 Å². The zero-order chi connectivity index (χ0) is 18.5. The number of rotatable bonds is 7. The summed E-state index contributed by atoms with van der Waals surface area (Å²) in [6, 6.07) is 7.93. The topological polar surface area (TPSA) is 90.0 Å². The van der Waals surface area contributed by atoms with Crippen LogP contribution < -0.4 is 10.9 Å². The van der Waals surface area contributed by atoms with Gasteiger partial charge in [0.05, 0.1) is 6.33 Å². The highest BCUT2D eigenvalue weighted by atomic mass is 16.5. The van der Waals surface area contributed by atoms with Gasteiger partial charge in [0, 0.05) is 25.1 Å². The molecule has 136 valence electrons. The van der Waals surface area contributed by atoms with Crippen LogP contribution in [0, 0.1) is 0 Å². The molecule has 0 aliphatic carbocycles. The molecule has 0 aliphatic heterocycles. The molecule has 2 heterocycles. The maximum Gasteiger partial charge on any atom is 0.299 e. The number of carbonyl (C=O) groups is 1. The Morgan fingerprint density at radius 1 is 1.23 bits per heavy atom. The lowest BCUT2D eigenvalue weighted by molar-refractivity contribution is -0.121. The quantitative estimate of drug-likeness (QED) is 0.704. The van der Waals surface area contributed by atoms with Gasteiger partial charge in [0.2, 0.25) is 5.91 Å². The highest BCUT2D eigenvalue weighted by Gasteiger charge is 2.16. The van der Waals surface area contributed by atoms with Crippen LogP contribution in [0.4, 0.5) is 0 Å². The highest BCUT2D eigenvalue weighted by molar-refractivity contribution is 5.87. The molecule has 0 saturated heterocycles. The normalized spacial score (nSPS) is 11.0. The third-order valence-corrected chi connectivity index (χ3v) is 4.24. The molecule has 0 bridgehead atoms. The van der Waals surface area contributed by atoms with E-state index in [1.165, 1.54) is 16.5 Å². The third-order valence-electron chi connectivity index (χ3n) is 4.24. The van der Waals surface area contributed by atoms with Crippen molar-refractivity contribution in [2.75, 3.05) is 6.54 Å². The SMILES string of the molecule is CCCNC(=O)CCn1cnc2c(-c3ccc(CC)cc3)noc2c1=O. The van der Waals surface area contributed by atoms with Gasteiger partial charge in [-0.05, 0) is 18.4 Å². The summed E-state index contributed by atoms with van der Waals surface area (Å²) in [5.41, 5.74) is 2.83. The summed E-state index contributed by atoms with van der Waals surface area (Å²) >= 11 is 0. The summed E-state index contributed by atoms with van der Waals surface area (Å²) in [5.74, 6) is -0.0897. The van der Waals surface area contributed by atoms with Gasteiger partial charge in [-0.3, -0.25) is 14.2 Å². The monoisotopic (exact) mass is 354 g/mol. The fraction of sp³-hybridized carbons (Fsp3) is 0.368. The van der Waals surface area contributed by atoms with Crippen LogP contribution in [0.1, 0.15) is 32.3 Å². The number of carbonyl (C=O) groups excluding carboxylic acids is 1. The van der Waals surface area contributed by atoms with Crippen molar-refractivity contribution in [2.45, 2.75) is 39.7 Å². The van der Waals surface area contributed by atoms with Crippen LogP contribution >= 0.6 is 0 Å². The smallest absolute Gasteiger partial charge is 0.299 e. The Bertz CT molecular complexity index is 957. The van der Waals surface area contributed by atoms with E-state index in [1.54, 1.807) is 0 Å². The molecule has 0 atom stereocenters. The molecule has 0 unspecified atom stereocenters. The lowest BCUT2D eigenvalue weighted by atomic mass is 10.1. The zero-order valence-corrected chi connectivity index (χ0v) is 15.0. The predicted octanol–water partition coefficient (Wildman–Crippen LogP) is 2.53. The molecule has 0 fully saturated rings. The van der Waals surface area contributed by atoms with E-state index in [9.17, 15) is 9.59 Å². The minimum Gasteiger partial charge on any atom is -0.356 e. The first-order valence-corrected chi connectivity index (χ1v) is 8.84. The molecule has 3 rings (SSSR count). The van der Waals surface area contributed by atoms with Crippen LogP contribution in [0.3, 0.4) is 0 Å². The second kappa shape index (κ2) is 7.95. The molecule has 7 nitrogen and oxygen atoms in total. The molecular formula is C19H22N4O3. The largest absolute Gasteiger partial charge is 0.356 e. The number of aromatic nitrogens is 3. The number of nitrogens with zero attached hydrogens (tertiary/aromatic N) is 3. The first kappa shape index (κ1) is 17.8. The van der Waals surface area contributed by atoms with E-state index in [4.69, 9.17) is 4.52 Å². The number of amides is 1. The average Bonchev–Trinajstić information content (AvgIpc) is 3.10. The van der Waals surface area contributed by atoms with E-state index in [0.717, 1.165) is 18.4 Å². The van der Waals surface area contributed by atoms with Crippen LogP contribution in [0.25, 0.3) is 22.4 Å². The molecule has 1 N–H and O–H groups in total. The summed E-state index contributed by atoms with van der Waals surface area (Å²) in [4.78, 5) is 28.6. The number of benzene rings is 1. The van der Waals surface area contributed by atoms with Crippen LogP contribution in [0.2, 0.25) is 0 Å². The summed E-state index contributed by atoms with van der Waals surface area (Å²) < 4.78 is 6.63. The molecule has 0 saturated carbocycles. The molecule has 3 aromatic rings. The Morgan fingerprint density at radius 3 is 2.69 bits per heavy atom. The lowest BCUT2D eigenvalue weighted by Crippen LogP contribution is -2.27. The zero-order valence-electron chi connectivity index (χ0n) is 15.0. The van der Waals surface area contributed by atoms with Crippen molar-refractivity contribution in [2.24, 2.45) is 0 Å². The summed E-state index contributed by atoms with van der Waals surface area (Å²) in [6.45, 7) is 4.96. The molecule has 2 aromatic heterocycles. The van der Waals surface area contributed by atoms with Gasteiger partial charge in [-0.15, -0.1) is 0 Å².